The molecule has 1 amide bonds. The summed E-state index contributed by atoms with van der Waals surface area (Å²) in [5, 5.41) is 3.04. The monoisotopic (exact) mass is 185 g/mol. The minimum absolute atomic E-state index is 0.211. The molecule has 2 heteroatoms. The Bertz CT molecular complexity index is 141. The van der Waals surface area contributed by atoms with Gasteiger partial charge >= 0.3 is 0 Å². The largest absolute Gasteiger partial charge is 0.353 e. The van der Waals surface area contributed by atoms with Gasteiger partial charge in [-0.25, -0.2) is 0 Å². The van der Waals surface area contributed by atoms with Crippen molar-refractivity contribution in [3.63, 3.8) is 0 Å². The van der Waals surface area contributed by atoms with E-state index in [0.717, 1.165) is 19.3 Å². The Morgan fingerprint density at radius 2 is 1.69 bits per heavy atom. The molecule has 0 bridgehead atoms. The lowest BCUT2D eigenvalue weighted by Gasteiger charge is -2.16. The van der Waals surface area contributed by atoms with Crippen molar-refractivity contribution in [1.29, 1.82) is 0 Å². The molecule has 0 fully saturated rings. The molecule has 13 heavy (non-hydrogen) atoms. The lowest BCUT2D eigenvalue weighted by Crippen LogP contribution is -2.34. The van der Waals surface area contributed by atoms with Gasteiger partial charge in [0.1, 0.15) is 0 Å². The highest BCUT2D eigenvalue weighted by molar-refractivity contribution is 5.76. The molecule has 0 aromatic heterocycles. The van der Waals surface area contributed by atoms with E-state index in [2.05, 4.69) is 33.0 Å². The van der Waals surface area contributed by atoms with Crippen LogP contribution in [-0.2, 0) is 4.79 Å². The summed E-state index contributed by atoms with van der Waals surface area (Å²) >= 11 is 0. The van der Waals surface area contributed by atoms with E-state index in [1.165, 1.54) is 0 Å². The Labute approximate surface area is 82.1 Å². The summed E-state index contributed by atoms with van der Waals surface area (Å²) in [6, 6.07) is 0.372. The maximum absolute atomic E-state index is 11.4. The van der Waals surface area contributed by atoms with Crippen molar-refractivity contribution in [2.75, 3.05) is 0 Å². The van der Waals surface area contributed by atoms with Crippen LogP contribution >= 0.6 is 0 Å². The van der Waals surface area contributed by atoms with Crippen molar-refractivity contribution in [1.82, 2.24) is 5.32 Å². The molecule has 0 rings (SSSR count). The van der Waals surface area contributed by atoms with Crippen LogP contribution in [0, 0.1) is 5.92 Å². The summed E-state index contributed by atoms with van der Waals surface area (Å²) in [6.45, 7) is 8.46. The van der Waals surface area contributed by atoms with Crippen LogP contribution in [0.5, 0.6) is 0 Å². The average Bonchev–Trinajstić information content (AvgIpc) is 2.13. The molecular weight excluding hydrogens is 162 g/mol. The highest BCUT2D eigenvalue weighted by Crippen LogP contribution is 2.06. The lowest BCUT2D eigenvalue weighted by atomic mass is 10.0. The molecule has 0 saturated carbocycles. The first kappa shape index (κ1) is 12.5. The van der Waals surface area contributed by atoms with Gasteiger partial charge in [-0.1, -0.05) is 34.1 Å². The zero-order valence-corrected chi connectivity index (χ0v) is 9.39. The van der Waals surface area contributed by atoms with E-state index in [0.29, 0.717) is 18.4 Å². The van der Waals surface area contributed by atoms with Crippen LogP contribution in [0.3, 0.4) is 0 Å². The second-order valence-electron chi connectivity index (χ2n) is 3.80. The van der Waals surface area contributed by atoms with Crippen molar-refractivity contribution < 1.29 is 4.79 Å². The van der Waals surface area contributed by atoms with Crippen molar-refractivity contribution in [3.05, 3.63) is 0 Å². The minimum atomic E-state index is 0.211. The second-order valence-corrected chi connectivity index (χ2v) is 3.80. The van der Waals surface area contributed by atoms with Crippen LogP contribution in [0.1, 0.15) is 53.4 Å². The summed E-state index contributed by atoms with van der Waals surface area (Å²) in [5.74, 6) is 0.720. The van der Waals surface area contributed by atoms with Crippen LogP contribution < -0.4 is 5.32 Å². The van der Waals surface area contributed by atoms with Gasteiger partial charge in [-0.15, -0.1) is 0 Å². The summed E-state index contributed by atoms with van der Waals surface area (Å²) < 4.78 is 0. The maximum Gasteiger partial charge on any atom is 0.220 e. The zero-order chi connectivity index (χ0) is 10.3. The third kappa shape index (κ3) is 5.67. The standard InChI is InChI=1S/C11H23NO/c1-5-9(4)8-11(13)12-10(6-2)7-3/h9-10H,5-8H2,1-4H3,(H,12,13)/t9-/m0/s1. The fourth-order valence-electron chi connectivity index (χ4n) is 1.24. The Morgan fingerprint density at radius 3 is 2.08 bits per heavy atom. The Balaban J connectivity index is 3.72. The maximum atomic E-state index is 11.4. The number of carbonyl (C=O) groups is 1. The van der Waals surface area contributed by atoms with E-state index in [4.69, 9.17) is 0 Å². The highest BCUT2D eigenvalue weighted by atomic mass is 16.1. The number of rotatable bonds is 6. The van der Waals surface area contributed by atoms with E-state index in [9.17, 15) is 4.79 Å². The van der Waals surface area contributed by atoms with Crippen LogP contribution in [0.2, 0.25) is 0 Å². The van der Waals surface area contributed by atoms with E-state index in [1.807, 2.05) is 0 Å². The van der Waals surface area contributed by atoms with Crippen LogP contribution in [0.25, 0.3) is 0 Å². The normalized spacial score (nSPS) is 13.0. The molecule has 0 aliphatic carbocycles. The van der Waals surface area contributed by atoms with Gasteiger partial charge in [-0.3, -0.25) is 4.79 Å². The average molecular weight is 185 g/mol. The third-order valence-electron chi connectivity index (χ3n) is 2.58. The summed E-state index contributed by atoms with van der Waals surface area (Å²) in [4.78, 5) is 11.4. The number of carbonyl (C=O) groups excluding carboxylic acids is 1. The summed E-state index contributed by atoms with van der Waals surface area (Å²) in [7, 11) is 0. The summed E-state index contributed by atoms with van der Waals surface area (Å²) in [6.07, 6.45) is 3.81. The third-order valence-corrected chi connectivity index (χ3v) is 2.58. The van der Waals surface area contributed by atoms with Gasteiger partial charge in [0, 0.05) is 12.5 Å². The first-order valence-corrected chi connectivity index (χ1v) is 5.43. The highest BCUT2D eigenvalue weighted by Gasteiger charge is 2.10. The molecule has 0 aromatic rings. The minimum Gasteiger partial charge on any atom is -0.353 e. The Hall–Kier alpha value is -0.530. The number of nitrogens with one attached hydrogen (secondary N) is 1. The molecule has 0 heterocycles. The number of hydrogen-bond acceptors (Lipinski definition) is 1. The van der Waals surface area contributed by atoms with Crippen molar-refractivity contribution in [2.24, 2.45) is 5.92 Å². The van der Waals surface area contributed by atoms with Gasteiger partial charge in [-0.05, 0) is 18.8 Å². The van der Waals surface area contributed by atoms with Crippen LogP contribution in [-0.4, -0.2) is 11.9 Å². The molecule has 2 nitrogen and oxygen atoms in total. The Morgan fingerprint density at radius 1 is 1.15 bits per heavy atom. The quantitative estimate of drug-likeness (QED) is 0.677. The van der Waals surface area contributed by atoms with E-state index < -0.39 is 0 Å². The van der Waals surface area contributed by atoms with E-state index in [1.54, 1.807) is 0 Å². The predicted molar refractivity (Wildman–Crippen MR) is 56.6 cm³/mol. The molecule has 1 N–H and O–H groups in total. The van der Waals surface area contributed by atoms with Gasteiger partial charge in [-0.2, -0.15) is 0 Å². The molecule has 0 aromatic carbocycles. The van der Waals surface area contributed by atoms with Crippen molar-refractivity contribution in [3.8, 4) is 0 Å². The predicted octanol–water partition coefficient (Wildman–Crippen LogP) is 2.73. The summed E-state index contributed by atoms with van der Waals surface area (Å²) in [5.41, 5.74) is 0. The van der Waals surface area contributed by atoms with Gasteiger partial charge in [0.2, 0.25) is 5.91 Å². The van der Waals surface area contributed by atoms with Gasteiger partial charge in [0.05, 0.1) is 0 Å². The van der Waals surface area contributed by atoms with Gasteiger partial charge in [0.15, 0.2) is 0 Å². The SMILES string of the molecule is CCC(CC)NC(=O)C[C@@H](C)CC. The molecule has 0 radical (unpaired) electrons. The zero-order valence-electron chi connectivity index (χ0n) is 9.39. The molecule has 0 spiro atoms. The molecular formula is C11H23NO. The first-order chi connectivity index (χ1) is 6.13. The first-order valence-electron chi connectivity index (χ1n) is 5.43. The van der Waals surface area contributed by atoms with Gasteiger partial charge < -0.3 is 5.32 Å². The Kier molecular flexibility index (Phi) is 6.65. The lowest BCUT2D eigenvalue weighted by molar-refractivity contribution is -0.122. The fraction of sp³-hybridized carbons (Fsp3) is 0.909. The van der Waals surface area contributed by atoms with Crippen LogP contribution in [0.15, 0.2) is 0 Å². The molecule has 1 atom stereocenters. The smallest absolute Gasteiger partial charge is 0.220 e. The van der Waals surface area contributed by atoms with E-state index >= 15 is 0 Å². The molecule has 78 valence electrons. The van der Waals surface area contributed by atoms with Crippen molar-refractivity contribution >= 4 is 5.91 Å². The topological polar surface area (TPSA) is 29.1 Å². The molecule has 0 aliphatic rings. The second kappa shape index (κ2) is 6.93. The van der Waals surface area contributed by atoms with E-state index in [-0.39, 0.29) is 5.91 Å². The fourth-order valence-corrected chi connectivity index (χ4v) is 1.24. The molecule has 0 aliphatic heterocycles. The van der Waals surface area contributed by atoms with Crippen molar-refractivity contribution in [2.45, 2.75) is 59.4 Å². The molecule has 0 unspecified atom stereocenters. The number of hydrogen-bond donors (Lipinski definition) is 1. The van der Waals surface area contributed by atoms with Crippen LogP contribution in [0.4, 0.5) is 0 Å². The van der Waals surface area contributed by atoms with Gasteiger partial charge in [0.25, 0.3) is 0 Å². The molecule has 0 saturated heterocycles. The number of amides is 1.